The van der Waals surface area contributed by atoms with Gasteiger partial charge >= 0.3 is 0 Å². The molecule has 1 aromatic rings. The van der Waals surface area contributed by atoms with Crippen molar-refractivity contribution in [2.45, 2.75) is 45.4 Å². The van der Waals surface area contributed by atoms with Crippen LogP contribution < -0.4 is 4.74 Å². The van der Waals surface area contributed by atoms with Crippen molar-refractivity contribution in [2.75, 3.05) is 0 Å². The van der Waals surface area contributed by atoms with E-state index in [0.29, 0.717) is 23.2 Å². The number of rotatable bonds is 4. The molecular weight excluding hydrogens is 416 g/mol. The van der Waals surface area contributed by atoms with Gasteiger partial charge in [-0.25, -0.2) is 0 Å². The lowest BCUT2D eigenvalue weighted by Crippen LogP contribution is -2.24. The fourth-order valence-electron chi connectivity index (χ4n) is 5.78. The molecule has 2 saturated carbocycles. The van der Waals surface area contributed by atoms with Gasteiger partial charge in [-0.3, -0.25) is 4.79 Å². The number of halogens is 1. The van der Waals surface area contributed by atoms with Crippen LogP contribution in [0, 0.1) is 23.7 Å². The third-order valence-corrected chi connectivity index (χ3v) is 7.74. The lowest BCUT2D eigenvalue weighted by atomic mass is 9.80. The molecule has 5 rings (SSSR count). The average Bonchev–Trinajstić information content (AvgIpc) is 3.37. The largest absolute Gasteiger partial charge is 0.511 e. The van der Waals surface area contributed by atoms with Gasteiger partial charge in [0.1, 0.15) is 17.3 Å². The zero-order valence-corrected chi connectivity index (χ0v) is 17.7. The van der Waals surface area contributed by atoms with Crippen LogP contribution in [0.25, 0.3) is 5.57 Å². The van der Waals surface area contributed by atoms with Crippen LogP contribution in [0.15, 0.2) is 46.4 Å². The van der Waals surface area contributed by atoms with Crippen LogP contribution in [0.1, 0.15) is 50.2 Å². The fourth-order valence-corrected chi connectivity index (χ4v) is 6.11. The minimum Gasteiger partial charge on any atom is -0.511 e. The van der Waals surface area contributed by atoms with Gasteiger partial charge in [-0.1, -0.05) is 28.9 Å². The van der Waals surface area contributed by atoms with Gasteiger partial charge in [0, 0.05) is 18.3 Å². The number of allylic oxidation sites excluding steroid dienone is 6. The van der Waals surface area contributed by atoms with Crippen LogP contribution in [0.2, 0.25) is 0 Å². The van der Waals surface area contributed by atoms with Crippen LogP contribution in [0.4, 0.5) is 0 Å². The molecule has 1 aromatic carbocycles. The van der Waals surface area contributed by atoms with Crippen molar-refractivity contribution in [3.63, 3.8) is 0 Å². The zero-order valence-electron chi connectivity index (χ0n) is 16.1. The number of carbonyl (C=O) groups excluding carboxylic acids is 1. The van der Waals surface area contributed by atoms with Gasteiger partial charge in [-0.2, -0.15) is 0 Å². The molecule has 4 heteroatoms. The maximum atomic E-state index is 13.3. The minimum atomic E-state index is 0.00608. The molecule has 0 heterocycles. The Morgan fingerprint density at radius 1 is 1.14 bits per heavy atom. The maximum Gasteiger partial charge on any atom is 0.170 e. The van der Waals surface area contributed by atoms with E-state index >= 15 is 0 Å². The molecule has 2 bridgehead atoms. The van der Waals surface area contributed by atoms with Gasteiger partial charge in [0.15, 0.2) is 5.78 Å². The summed E-state index contributed by atoms with van der Waals surface area (Å²) in [7, 11) is 0. The molecular formula is C24H25BrO3. The molecule has 4 atom stereocenters. The number of aliphatic hydroxyl groups excluding tert-OH is 1. The smallest absolute Gasteiger partial charge is 0.170 e. The molecule has 0 radical (unpaired) electrons. The molecule has 28 heavy (non-hydrogen) atoms. The zero-order chi connectivity index (χ0) is 19.4. The van der Waals surface area contributed by atoms with Crippen LogP contribution in [-0.4, -0.2) is 10.9 Å². The lowest BCUT2D eigenvalue weighted by molar-refractivity contribution is -0.118. The van der Waals surface area contributed by atoms with E-state index < -0.39 is 0 Å². The first-order valence-corrected chi connectivity index (χ1v) is 11.2. The van der Waals surface area contributed by atoms with Gasteiger partial charge in [0.25, 0.3) is 0 Å². The normalized spacial score (nSPS) is 31.1. The molecule has 2 fully saturated rings. The lowest BCUT2D eigenvalue weighted by Gasteiger charge is -2.23. The average molecular weight is 441 g/mol. The summed E-state index contributed by atoms with van der Waals surface area (Å²) in [5, 5.41) is 11.1. The molecule has 0 amide bonds. The van der Waals surface area contributed by atoms with E-state index in [4.69, 9.17) is 4.74 Å². The number of ether oxygens (including phenoxy) is 1. The fraction of sp³-hybridized carbons (Fsp3) is 0.458. The monoisotopic (exact) mass is 440 g/mol. The summed E-state index contributed by atoms with van der Waals surface area (Å²) in [6.45, 7) is 2.09. The van der Waals surface area contributed by atoms with E-state index in [9.17, 15) is 9.90 Å². The Kier molecular flexibility index (Phi) is 4.50. The van der Waals surface area contributed by atoms with E-state index in [0.717, 1.165) is 61.2 Å². The number of aliphatic hydroxyl groups is 1. The molecule has 4 aliphatic carbocycles. The molecule has 3 nitrogen and oxygen atoms in total. The van der Waals surface area contributed by atoms with Crippen molar-refractivity contribution < 1.29 is 14.6 Å². The Hall–Kier alpha value is -1.81. The molecule has 0 saturated heterocycles. The first-order valence-electron chi connectivity index (χ1n) is 10.4. The summed E-state index contributed by atoms with van der Waals surface area (Å²) in [5.74, 6) is 3.17. The van der Waals surface area contributed by atoms with Crippen molar-refractivity contribution in [3.8, 4) is 5.75 Å². The van der Waals surface area contributed by atoms with Gasteiger partial charge in [0.2, 0.25) is 0 Å². The topological polar surface area (TPSA) is 46.5 Å². The minimum absolute atomic E-state index is 0.00608. The van der Waals surface area contributed by atoms with Crippen molar-refractivity contribution in [1.82, 2.24) is 0 Å². The summed E-state index contributed by atoms with van der Waals surface area (Å²) in [4.78, 5) is 13.3. The highest BCUT2D eigenvalue weighted by Gasteiger charge is 2.57. The van der Waals surface area contributed by atoms with Crippen molar-refractivity contribution in [3.05, 3.63) is 57.5 Å². The predicted molar refractivity (Wildman–Crippen MR) is 113 cm³/mol. The molecule has 146 valence electrons. The number of Topliss-reactive ketones (excluding diaryl/α,β-unsaturated/α-hetero) is 1. The summed E-state index contributed by atoms with van der Waals surface area (Å²) < 4.78 is 7.28. The summed E-state index contributed by atoms with van der Waals surface area (Å²) in [6, 6.07) is 5.97. The highest BCUT2D eigenvalue weighted by molar-refractivity contribution is 9.11. The molecule has 0 unspecified atom stereocenters. The van der Waals surface area contributed by atoms with Crippen LogP contribution in [0.5, 0.6) is 5.75 Å². The van der Waals surface area contributed by atoms with Crippen LogP contribution in [0.3, 0.4) is 0 Å². The Morgan fingerprint density at radius 2 is 1.93 bits per heavy atom. The first kappa shape index (κ1) is 18.2. The third-order valence-electron chi connectivity index (χ3n) is 7.08. The van der Waals surface area contributed by atoms with Crippen molar-refractivity contribution >= 4 is 27.3 Å². The maximum absolute atomic E-state index is 13.3. The SMILES string of the molecule is CCc1ccc(OC2=CC=C(Br)CC2)cc1C1=C(O)[C@@H]2[C@@H]3CC[C@@H](C3)[C@@H]2C1=O. The second kappa shape index (κ2) is 6.91. The highest BCUT2D eigenvalue weighted by Crippen LogP contribution is 2.60. The van der Waals surface area contributed by atoms with Crippen molar-refractivity contribution in [1.29, 1.82) is 0 Å². The van der Waals surface area contributed by atoms with E-state index in [2.05, 4.69) is 22.9 Å². The van der Waals surface area contributed by atoms with E-state index in [1.807, 2.05) is 30.4 Å². The van der Waals surface area contributed by atoms with Gasteiger partial charge in [-0.15, -0.1) is 0 Å². The Labute approximate surface area is 174 Å². The predicted octanol–water partition coefficient (Wildman–Crippen LogP) is 6.10. The summed E-state index contributed by atoms with van der Waals surface area (Å²) in [5.41, 5.74) is 2.52. The second-order valence-electron chi connectivity index (χ2n) is 8.53. The third kappa shape index (κ3) is 2.80. The highest BCUT2D eigenvalue weighted by atomic mass is 79.9. The number of hydrogen-bond acceptors (Lipinski definition) is 3. The first-order chi connectivity index (χ1) is 13.6. The van der Waals surface area contributed by atoms with E-state index in [-0.39, 0.29) is 17.6 Å². The number of benzene rings is 1. The van der Waals surface area contributed by atoms with E-state index in [1.54, 1.807) is 0 Å². The molecule has 0 aromatic heterocycles. The van der Waals surface area contributed by atoms with Crippen molar-refractivity contribution in [2.24, 2.45) is 23.7 Å². The number of hydrogen-bond donors (Lipinski definition) is 1. The van der Waals surface area contributed by atoms with Crippen LogP contribution in [-0.2, 0) is 11.2 Å². The quantitative estimate of drug-likeness (QED) is 0.614. The van der Waals surface area contributed by atoms with Gasteiger partial charge in [0.05, 0.1) is 5.57 Å². The molecule has 0 spiro atoms. The number of fused-ring (bicyclic) bond motifs is 5. The Balaban J connectivity index is 1.51. The van der Waals surface area contributed by atoms with Crippen LogP contribution >= 0.6 is 15.9 Å². The number of aryl methyl sites for hydroxylation is 1. The number of carbonyl (C=O) groups is 1. The standard InChI is InChI=1S/C24H25BrO3/c1-2-13-5-8-18(28-17-9-6-16(25)7-10-17)12-19(13)22-23(26)20-14-3-4-15(11-14)21(20)24(22)27/h5-6,8-9,12,14-15,20-21,26H,2-4,7,10-11H2,1H3/t14-,15+,20-,21+/m1/s1. The molecule has 1 N–H and O–H groups in total. The Morgan fingerprint density at radius 3 is 2.61 bits per heavy atom. The molecule has 4 aliphatic rings. The number of ketones is 1. The van der Waals surface area contributed by atoms with E-state index in [1.165, 1.54) is 4.48 Å². The summed E-state index contributed by atoms with van der Waals surface area (Å²) >= 11 is 3.52. The Bertz CT molecular complexity index is 939. The van der Waals surface area contributed by atoms with Gasteiger partial charge < -0.3 is 9.84 Å². The second-order valence-corrected chi connectivity index (χ2v) is 9.55. The van der Waals surface area contributed by atoms with Gasteiger partial charge in [-0.05, 0) is 83.8 Å². The summed E-state index contributed by atoms with van der Waals surface area (Å²) in [6.07, 6.45) is 10.0. The molecule has 0 aliphatic heterocycles.